The lowest BCUT2D eigenvalue weighted by Gasteiger charge is -1.93. The van der Waals surface area contributed by atoms with Crippen LogP contribution in [0.15, 0.2) is 15.4 Å². The monoisotopic (exact) mass is 336 g/mol. The molecule has 2 nitrogen and oxygen atoms in total. The average Bonchev–Trinajstić information content (AvgIpc) is 2.87. The maximum atomic E-state index is 5.64. The molecule has 0 aromatic carbocycles. The molecule has 0 saturated carbocycles. The third-order valence-electron chi connectivity index (χ3n) is 2.02. The highest BCUT2D eigenvalue weighted by molar-refractivity contribution is 9.10. The average molecular weight is 338 g/mol. The Morgan fingerprint density at radius 3 is 2.75 bits per heavy atom. The van der Waals surface area contributed by atoms with Crippen LogP contribution >= 0.6 is 50.2 Å². The third-order valence-corrected chi connectivity index (χ3v) is 4.77. The molecule has 2 aromatic rings. The second-order valence-corrected chi connectivity index (χ2v) is 6.24. The van der Waals surface area contributed by atoms with Gasteiger partial charge in [-0.1, -0.05) is 0 Å². The van der Waals surface area contributed by atoms with Crippen LogP contribution in [0.4, 0.5) is 0 Å². The van der Waals surface area contributed by atoms with E-state index in [9.17, 15) is 0 Å². The van der Waals surface area contributed by atoms with Crippen LogP contribution in [0, 0.1) is 0 Å². The molecule has 0 aliphatic rings. The Morgan fingerprint density at radius 2 is 2.06 bits per heavy atom. The van der Waals surface area contributed by atoms with Crippen LogP contribution in [0.3, 0.4) is 0 Å². The van der Waals surface area contributed by atoms with E-state index >= 15 is 0 Å². The van der Waals surface area contributed by atoms with Crippen LogP contribution in [0.1, 0.15) is 17.8 Å². The molecule has 0 atom stereocenters. The van der Waals surface area contributed by atoms with Gasteiger partial charge >= 0.3 is 0 Å². The van der Waals surface area contributed by atoms with Gasteiger partial charge in [-0.15, -0.1) is 34.3 Å². The van der Waals surface area contributed by atoms with Crippen molar-refractivity contribution in [3.63, 3.8) is 0 Å². The van der Waals surface area contributed by atoms with Gasteiger partial charge in [-0.3, -0.25) is 0 Å². The van der Waals surface area contributed by atoms with Crippen molar-refractivity contribution in [1.82, 2.24) is 9.97 Å². The highest BCUT2D eigenvalue weighted by Gasteiger charge is 2.07. The van der Waals surface area contributed by atoms with Gasteiger partial charge in [-0.25, -0.2) is 9.97 Å². The van der Waals surface area contributed by atoms with Crippen LogP contribution in [0.5, 0.6) is 0 Å². The Balaban J connectivity index is 2.02. The molecule has 0 unspecified atom stereocenters. The third kappa shape index (κ3) is 3.26. The summed E-state index contributed by atoms with van der Waals surface area (Å²) in [7, 11) is 0. The molecule has 0 amide bonds. The summed E-state index contributed by atoms with van der Waals surface area (Å²) in [6.45, 7) is 0. The Labute approximate surface area is 116 Å². The van der Waals surface area contributed by atoms with E-state index in [4.69, 9.17) is 11.6 Å². The summed E-state index contributed by atoms with van der Waals surface area (Å²) in [4.78, 5) is 8.92. The lowest BCUT2D eigenvalue weighted by molar-refractivity contribution is 0.795. The zero-order valence-electron chi connectivity index (χ0n) is 8.45. The van der Waals surface area contributed by atoms with E-state index in [2.05, 4.69) is 31.3 Å². The van der Waals surface area contributed by atoms with E-state index in [1.165, 1.54) is 5.01 Å². The number of halogens is 2. The fraction of sp³-hybridized carbons (Fsp3) is 0.400. The number of hydrogen-bond acceptors (Lipinski definition) is 4. The summed E-state index contributed by atoms with van der Waals surface area (Å²) in [5.74, 6) is 0.734. The fourth-order valence-electron chi connectivity index (χ4n) is 1.27. The molecule has 86 valence electrons. The normalized spacial score (nSPS) is 10.9. The number of aryl methyl sites for hydroxylation is 1. The van der Waals surface area contributed by atoms with Crippen LogP contribution in [0.2, 0.25) is 0 Å². The molecular formula is C10H10BrClN2S2. The van der Waals surface area contributed by atoms with Crippen LogP contribution < -0.4 is 0 Å². The number of nitrogens with zero attached hydrogens (tertiary/aromatic N) is 2. The van der Waals surface area contributed by atoms with Gasteiger partial charge < -0.3 is 0 Å². The number of unbranched alkanes of at least 4 members (excludes halogenated alkanes) is 1. The Hall–Kier alpha value is 0.0300. The van der Waals surface area contributed by atoms with Gasteiger partial charge in [-0.05, 0) is 35.2 Å². The van der Waals surface area contributed by atoms with Gasteiger partial charge in [0.15, 0.2) is 0 Å². The summed E-state index contributed by atoms with van der Waals surface area (Å²) in [5, 5.41) is 6.20. The van der Waals surface area contributed by atoms with Crippen molar-refractivity contribution in [1.29, 1.82) is 0 Å². The molecule has 16 heavy (non-hydrogen) atoms. The molecule has 2 rings (SSSR count). The fourth-order valence-corrected chi connectivity index (χ4v) is 3.57. The SMILES string of the molecule is ClCCCCc1nc(-c2nc(Br)cs2)cs1. The summed E-state index contributed by atoms with van der Waals surface area (Å²) >= 11 is 12.3. The molecule has 0 aliphatic heterocycles. The first-order chi connectivity index (χ1) is 7.79. The highest BCUT2D eigenvalue weighted by Crippen LogP contribution is 2.27. The minimum Gasteiger partial charge on any atom is -0.239 e. The van der Waals surface area contributed by atoms with Crippen molar-refractivity contribution in [3.8, 4) is 10.7 Å². The molecule has 0 N–H and O–H groups in total. The van der Waals surface area contributed by atoms with Crippen LogP contribution in [0.25, 0.3) is 10.7 Å². The summed E-state index contributed by atoms with van der Waals surface area (Å²) in [6.07, 6.45) is 3.18. The second kappa shape index (κ2) is 6.10. The van der Waals surface area contributed by atoms with E-state index in [0.29, 0.717) is 0 Å². The van der Waals surface area contributed by atoms with Gasteiger partial charge in [0, 0.05) is 16.6 Å². The lowest BCUT2D eigenvalue weighted by atomic mass is 10.3. The highest BCUT2D eigenvalue weighted by atomic mass is 79.9. The number of alkyl halides is 1. The zero-order chi connectivity index (χ0) is 11.4. The predicted octanol–water partition coefficient (Wildman–Crippen LogP) is 4.59. The van der Waals surface area contributed by atoms with Gasteiger partial charge in [0.2, 0.25) is 0 Å². The van der Waals surface area contributed by atoms with Crippen LogP contribution in [-0.4, -0.2) is 15.8 Å². The molecule has 0 radical (unpaired) electrons. The number of hydrogen-bond donors (Lipinski definition) is 0. The first-order valence-electron chi connectivity index (χ1n) is 4.91. The van der Waals surface area contributed by atoms with Crippen molar-refractivity contribution in [2.45, 2.75) is 19.3 Å². The molecule has 0 aliphatic carbocycles. The standard InChI is InChI=1S/C10H10BrClN2S2/c11-8-6-16-10(14-8)7-5-15-9(13-7)3-1-2-4-12/h5-6H,1-4H2. The smallest absolute Gasteiger partial charge is 0.144 e. The topological polar surface area (TPSA) is 25.8 Å². The van der Waals surface area contributed by atoms with Crippen molar-refractivity contribution in [3.05, 3.63) is 20.4 Å². The van der Waals surface area contributed by atoms with E-state index < -0.39 is 0 Å². The first-order valence-corrected chi connectivity index (χ1v) is 8.00. The minimum absolute atomic E-state index is 0.734. The molecule has 0 spiro atoms. The number of thiazole rings is 2. The molecule has 2 heterocycles. The molecule has 0 saturated heterocycles. The van der Waals surface area contributed by atoms with E-state index in [0.717, 1.165) is 40.4 Å². The van der Waals surface area contributed by atoms with Gasteiger partial charge in [0.1, 0.15) is 15.3 Å². The molecule has 0 bridgehead atoms. The zero-order valence-corrected chi connectivity index (χ0v) is 12.4. The summed E-state index contributed by atoms with van der Waals surface area (Å²) < 4.78 is 0.879. The molecule has 6 heteroatoms. The number of aromatic nitrogens is 2. The van der Waals surface area contributed by atoms with Crippen molar-refractivity contribution in [2.75, 3.05) is 5.88 Å². The van der Waals surface area contributed by atoms with Gasteiger partial charge in [-0.2, -0.15) is 0 Å². The summed E-state index contributed by atoms with van der Waals surface area (Å²) in [6, 6.07) is 0. The molecule has 0 fully saturated rings. The van der Waals surface area contributed by atoms with Crippen molar-refractivity contribution >= 4 is 50.2 Å². The Kier molecular flexibility index (Phi) is 4.76. The number of rotatable bonds is 5. The van der Waals surface area contributed by atoms with Gasteiger partial charge in [0.25, 0.3) is 0 Å². The van der Waals surface area contributed by atoms with E-state index in [-0.39, 0.29) is 0 Å². The van der Waals surface area contributed by atoms with E-state index in [1.54, 1.807) is 22.7 Å². The quantitative estimate of drug-likeness (QED) is 0.589. The molecule has 2 aromatic heterocycles. The predicted molar refractivity (Wildman–Crippen MR) is 74.6 cm³/mol. The Morgan fingerprint density at radius 1 is 1.19 bits per heavy atom. The summed E-state index contributed by atoms with van der Waals surface area (Å²) in [5.41, 5.74) is 0.988. The van der Waals surface area contributed by atoms with Crippen molar-refractivity contribution in [2.24, 2.45) is 0 Å². The Bertz CT molecular complexity index is 455. The second-order valence-electron chi connectivity index (χ2n) is 3.25. The van der Waals surface area contributed by atoms with Gasteiger partial charge in [0.05, 0.1) is 5.01 Å². The molecular weight excluding hydrogens is 328 g/mol. The maximum absolute atomic E-state index is 5.64. The van der Waals surface area contributed by atoms with E-state index in [1.807, 2.05) is 5.38 Å². The van der Waals surface area contributed by atoms with Crippen LogP contribution in [-0.2, 0) is 6.42 Å². The first kappa shape index (κ1) is 12.5. The van der Waals surface area contributed by atoms with Crippen molar-refractivity contribution < 1.29 is 0 Å². The lowest BCUT2D eigenvalue weighted by Crippen LogP contribution is -1.85. The minimum atomic E-state index is 0.734. The maximum Gasteiger partial charge on any atom is 0.144 e. The largest absolute Gasteiger partial charge is 0.239 e.